The fourth-order valence-electron chi connectivity index (χ4n) is 1.98. The molecule has 5 nitrogen and oxygen atoms in total. The molecule has 1 amide bonds. The quantitative estimate of drug-likeness (QED) is 0.808. The molecule has 2 aromatic rings. The molecule has 0 saturated heterocycles. The summed E-state index contributed by atoms with van der Waals surface area (Å²) in [5.74, 6) is -1.08. The van der Waals surface area contributed by atoms with Crippen LogP contribution in [0.15, 0.2) is 36.7 Å². The Morgan fingerprint density at radius 1 is 1.14 bits per heavy atom. The summed E-state index contributed by atoms with van der Waals surface area (Å²) >= 11 is 0. The highest BCUT2D eigenvalue weighted by atomic mass is 16.4. The Morgan fingerprint density at radius 3 is 2.24 bits per heavy atom. The monoisotopic (exact) mass is 286 g/mol. The van der Waals surface area contributed by atoms with Crippen LogP contribution in [-0.2, 0) is 10.2 Å². The Bertz CT molecular complexity index is 669. The molecule has 21 heavy (non-hydrogen) atoms. The highest BCUT2D eigenvalue weighted by Gasteiger charge is 2.29. The van der Waals surface area contributed by atoms with Crippen LogP contribution in [0.25, 0.3) is 0 Å². The third-order valence-corrected chi connectivity index (χ3v) is 3.60. The van der Waals surface area contributed by atoms with Crippen molar-refractivity contribution >= 4 is 17.6 Å². The van der Waals surface area contributed by atoms with E-state index in [2.05, 4.69) is 10.3 Å². The molecule has 0 saturated carbocycles. The minimum atomic E-state index is -0.959. The average molecular weight is 286 g/mol. The molecule has 0 spiro atoms. The summed E-state index contributed by atoms with van der Waals surface area (Å²) in [6.07, 6.45) is 3.40. The Hall–Kier alpha value is -2.56. The standard InChI is InChI=1S/C16H18N2O3/c1-10-8-17-9-13(10)14(19)18-12-6-4-11(5-7-12)16(2,3)15(20)21/h4-9,17H,1-3H3,(H,18,19)(H,20,21). The van der Waals surface area contributed by atoms with Gasteiger partial charge in [0.1, 0.15) is 0 Å². The largest absolute Gasteiger partial charge is 0.481 e. The minimum absolute atomic E-state index is 0.195. The van der Waals surface area contributed by atoms with Crippen molar-refractivity contribution in [3.63, 3.8) is 0 Å². The van der Waals surface area contributed by atoms with Crippen LogP contribution in [0.1, 0.15) is 35.3 Å². The molecule has 0 bridgehead atoms. The molecule has 1 aromatic heterocycles. The number of anilines is 1. The van der Waals surface area contributed by atoms with E-state index in [4.69, 9.17) is 0 Å². The molecular formula is C16H18N2O3. The lowest BCUT2D eigenvalue weighted by molar-refractivity contribution is -0.142. The van der Waals surface area contributed by atoms with Crippen molar-refractivity contribution in [2.45, 2.75) is 26.2 Å². The van der Waals surface area contributed by atoms with Gasteiger partial charge in [0.25, 0.3) is 5.91 Å². The van der Waals surface area contributed by atoms with Crippen molar-refractivity contribution in [3.8, 4) is 0 Å². The molecule has 1 heterocycles. The van der Waals surface area contributed by atoms with Crippen LogP contribution < -0.4 is 5.32 Å². The Labute approximate surface area is 123 Å². The average Bonchev–Trinajstić information content (AvgIpc) is 2.85. The van der Waals surface area contributed by atoms with E-state index in [0.717, 1.165) is 5.56 Å². The van der Waals surface area contributed by atoms with Gasteiger partial charge in [-0.2, -0.15) is 0 Å². The minimum Gasteiger partial charge on any atom is -0.481 e. The number of carbonyl (C=O) groups excluding carboxylic acids is 1. The van der Waals surface area contributed by atoms with Gasteiger partial charge >= 0.3 is 5.97 Å². The number of carbonyl (C=O) groups is 2. The van der Waals surface area contributed by atoms with Crippen molar-refractivity contribution in [3.05, 3.63) is 53.3 Å². The van der Waals surface area contributed by atoms with Crippen LogP contribution in [-0.4, -0.2) is 22.0 Å². The zero-order valence-electron chi connectivity index (χ0n) is 12.2. The number of aromatic amines is 1. The summed E-state index contributed by atoms with van der Waals surface area (Å²) in [7, 11) is 0. The van der Waals surface area contributed by atoms with Crippen molar-refractivity contribution in [1.29, 1.82) is 0 Å². The van der Waals surface area contributed by atoms with E-state index < -0.39 is 11.4 Å². The Balaban J connectivity index is 2.15. The molecule has 0 radical (unpaired) electrons. The van der Waals surface area contributed by atoms with Gasteiger partial charge in [0.05, 0.1) is 11.0 Å². The first-order valence-electron chi connectivity index (χ1n) is 6.61. The molecule has 0 unspecified atom stereocenters. The highest BCUT2D eigenvalue weighted by molar-refractivity contribution is 6.05. The van der Waals surface area contributed by atoms with Gasteiger partial charge in [0, 0.05) is 18.1 Å². The number of rotatable bonds is 4. The summed E-state index contributed by atoms with van der Waals surface area (Å²) < 4.78 is 0. The first-order chi connectivity index (χ1) is 9.82. The number of aromatic nitrogens is 1. The number of H-pyrrole nitrogens is 1. The topological polar surface area (TPSA) is 82.2 Å². The number of nitrogens with one attached hydrogen (secondary N) is 2. The lowest BCUT2D eigenvalue weighted by Crippen LogP contribution is -2.28. The van der Waals surface area contributed by atoms with Gasteiger partial charge in [-0.05, 0) is 44.0 Å². The van der Waals surface area contributed by atoms with Gasteiger partial charge in [0.15, 0.2) is 0 Å². The van der Waals surface area contributed by atoms with Crippen molar-refractivity contribution in [2.75, 3.05) is 5.32 Å². The summed E-state index contributed by atoms with van der Waals surface area (Å²) in [6, 6.07) is 6.85. The first-order valence-corrected chi connectivity index (χ1v) is 6.61. The molecule has 1 aromatic carbocycles. The van der Waals surface area contributed by atoms with Crippen LogP contribution in [0.5, 0.6) is 0 Å². The summed E-state index contributed by atoms with van der Waals surface area (Å²) in [4.78, 5) is 26.1. The van der Waals surface area contributed by atoms with Crippen molar-refractivity contribution in [2.24, 2.45) is 0 Å². The molecule has 5 heteroatoms. The second-order valence-corrected chi connectivity index (χ2v) is 5.51. The molecule has 110 valence electrons. The molecule has 2 rings (SSSR count). The molecule has 0 fully saturated rings. The molecule has 0 atom stereocenters. The predicted molar refractivity (Wildman–Crippen MR) is 80.6 cm³/mol. The Kier molecular flexibility index (Phi) is 3.84. The van der Waals surface area contributed by atoms with Crippen molar-refractivity contribution < 1.29 is 14.7 Å². The number of amides is 1. The summed E-state index contributed by atoms with van der Waals surface area (Å²) in [6.45, 7) is 5.14. The fourth-order valence-corrected chi connectivity index (χ4v) is 1.98. The van der Waals surface area contributed by atoms with E-state index >= 15 is 0 Å². The maximum absolute atomic E-state index is 12.1. The third kappa shape index (κ3) is 2.97. The van der Waals surface area contributed by atoms with Gasteiger partial charge in [-0.25, -0.2) is 0 Å². The first kappa shape index (κ1) is 14.8. The third-order valence-electron chi connectivity index (χ3n) is 3.60. The highest BCUT2D eigenvalue weighted by Crippen LogP contribution is 2.25. The summed E-state index contributed by atoms with van der Waals surface area (Å²) in [5, 5.41) is 12.0. The lowest BCUT2D eigenvalue weighted by atomic mass is 9.85. The number of carboxylic acids is 1. The number of aliphatic carboxylic acids is 1. The van der Waals surface area contributed by atoms with E-state index in [-0.39, 0.29) is 5.91 Å². The van der Waals surface area contributed by atoms with Gasteiger partial charge in [-0.3, -0.25) is 9.59 Å². The number of benzene rings is 1. The van der Waals surface area contributed by atoms with Crippen LogP contribution in [0.4, 0.5) is 5.69 Å². The SMILES string of the molecule is Cc1c[nH]cc1C(=O)Nc1ccc(C(C)(C)C(=O)O)cc1. The summed E-state index contributed by atoms with van der Waals surface area (Å²) in [5.41, 5.74) is 1.82. The second kappa shape index (κ2) is 5.44. The molecule has 3 N–H and O–H groups in total. The number of hydrogen-bond donors (Lipinski definition) is 3. The number of aryl methyl sites for hydroxylation is 1. The van der Waals surface area contributed by atoms with Gasteiger partial charge in [-0.15, -0.1) is 0 Å². The zero-order valence-corrected chi connectivity index (χ0v) is 12.2. The zero-order chi connectivity index (χ0) is 15.6. The normalized spacial score (nSPS) is 11.2. The van der Waals surface area contributed by atoms with Gasteiger partial charge in [-0.1, -0.05) is 12.1 Å². The van der Waals surface area contributed by atoms with Crippen LogP contribution in [0.3, 0.4) is 0 Å². The van der Waals surface area contributed by atoms with E-state index in [1.807, 2.05) is 6.92 Å². The molecule has 0 aliphatic carbocycles. The maximum atomic E-state index is 12.1. The smallest absolute Gasteiger partial charge is 0.313 e. The van der Waals surface area contributed by atoms with E-state index in [9.17, 15) is 14.7 Å². The second-order valence-electron chi connectivity index (χ2n) is 5.51. The van der Waals surface area contributed by atoms with E-state index in [0.29, 0.717) is 16.8 Å². The number of carboxylic acid groups (broad SMARTS) is 1. The fraction of sp³-hybridized carbons (Fsp3) is 0.250. The molecular weight excluding hydrogens is 268 g/mol. The Morgan fingerprint density at radius 2 is 1.76 bits per heavy atom. The van der Waals surface area contributed by atoms with E-state index in [1.165, 1.54) is 0 Å². The van der Waals surface area contributed by atoms with Crippen molar-refractivity contribution in [1.82, 2.24) is 4.98 Å². The predicted octanol–water partition coefficient (Wildman–Crippen LogP) is 2.94. The maximum Gasteiger partial charge on any atom is 0.313 e. The van der Waals surface area contributed by atoms with E-state index in [1.54, 1.807) is 50.5 Å². The van der Waals surface area contributed by atoms with Gasteiger partial charge < -0.3 is 15.4 Å². The van der Waals surface area contributed by atoms with Crippen LogP contribution in [0, 0.1) is 6.92 Å². The number of hydrogen-bond acceptors (Lipinski definition) is 2. The molecule has 0 aliphatic heterocycles. The van der Waals surface area contributed by atoms with Crippen LogP contribution >= 0.6 is 0 Å². The van der Waals surface area contributed by atoms with Crippen LogP contribution in [0.2, 0.25) is 0 Å². The lowest BCUT2D eigenvalue weighted by Gasteiger charge is -2.19. The molecule has 0 aliphatic rings. The van der Waals surface area contributed by atoms with Gasteiger partial charge in [0.2, 0.25) is 0 Å².